The predicted octanol–water partition coefficient (Wildman–Crippen LogP) is 2.94. The molecule has 0 aliphatic rings. The molecule has 0 unspecified atom stereocenters. The third-order valence-corrected chi connectivity index (χ3v) is 3.69. The van der Waals surface area contributed by atoms with Crippen LogP contribution in [0.5, 0.6) is 11.8 Å². The molecule has 26 heavy (non-hydrogen) atoms. The summed E-state index contributed by atoms with van der Waals surface area (Å²) in [6.07, 6.45) is 0. The van der Waals surface area contributed by atoms with Crippen LogP contribution in [0.25, 0.3) is 17.1 Å². The van der Waals surface area contributed by atoms with Crippen LogP contribution in [0, 0.1) is 0 Å². The van der Waals surface area contributed by atoms with E-state index in [0.29, 0.717) is 31.3 Å². The summed E-state index contributed by atoms with van der Waals surface area (Å²) in [7, 11) is 1.63. The van der Waals surface area contributed by atoms with Gasteiger partial charge < -0.3 is 19.9 Å². The molecule has 7 nitrogen and oxygen atoms in total. The number of nitrogens with zero attached hydrogens (tertiary/aromatic N) is 3. The highest BCUT2D eigenvalue weighted by atomic mass is 16.5. The van der Waals surface area contributed by atoms with Gasteiger partial charge >= 0.3 is 6.01 Å². The molecular weight excluding hydrogens is 332 g/mol. The van der Waals surface area contributed by atoms with Crippen molar-refractivity contribution in [3.63, 3.8) is 0 Å². The number of nitrogens with two attached hydrogens (primary N) is 1. The molecule has 136 valence electrons. The van der Waals surface area contributed by atoms with Crippen LogP contribution >= 0.6 is 0 Å². The lowest BCUT2D eigenvalue weighted by atomic mass is 10.2. The number of anilines is 1. The van der Waals surface area contributed by atoms with Gasteiger partial charge in [-0.1, -0.05) is 18.2 Å². The van der Waals surface area contributed by atoms with Crippen molar-refractivity contribution >= 4 is 5.69 Å². The van der Waals surface area contributed by atoms with Crippen LogP contribution in [-0.4, -0.2) is 41.7 Å². The largest absolute Gasteiger partial charge is 0.497 e. The maximum absolute atomic E-state index is 5.92. The summed E-state index contributed by atoms with van der Waals surface area (Å²) in [4.78, 5) is 4.54. The summed E-state index contributed by atoms with van der Waals surface area (Å²) >= 11 is 0. The van der Waals surface area contributed by atoms with E-state index in [1.54, 1.807) is 11.8 Å². The summed E-state index contributed by atoms with van der Waals surface area (Å²) in [6.45, 7) is 3.45. The van der Waals surface area contributed by atoms with E-state index in [-0.39, 0.29) is 6.01 Å². The molecule has 2 aromatic carbocycles. The van der Waals surface area contributed by atoms with Crippen LogP contribution in [0.2, 0.25) is 0 Å². The molecular formula is C19H22N4O3. The molecule has 0 aliphatic heterocycles. The van der Waals surface area contributed by atoms with Gasteiger partial charge in [0, 0.05) is 17.9 Å². The molecule has 0 saturated heterocycles. The van der Waals surface area contributed by atoms with Crippen molar-refractivity contribution in [1.29, 1.82) is 0 Å². The average Bonchev–Trinajstić information content (AvgIpc) is 3.10. The van der Waals surface area contributed by atoms with Crippen molar-refractivity contribution in [3.8, 4) is 28.8 Å². The fraction of sp³-hybridized carbons (Fsp3) is 0.263. The van der Waals surface area contributed by atoms with Gasteiger partial charge in [-0.3, -0.25) is 0 Å². The van der Waals surface area contributed by atoms with Crippen LogP contribution in [0.1, 0.15) is 6.92 Å². The molecule has 0 spiro atoms. The van der Waals surface area contributed by atoms with Crippen LogP contribution < -0.4 is 15.2 Å². The van der Waals surface area contributed by atoms with Crippen molar-refractivity contribution in [3.05, 3.63) is 48.5 Å². The average molecular weight is 354 g/mol. The maximum atomic E-state index is 5.92. The Morgan fingerprint density at radius 2 is 1.92 bits per heavy atom. The van der Waals surface area contributed by atoms with E-state index in [1.165, 1.54) is 0 Å². The van der Waals surface area contributed by atoms with Crippen LogP contribution in [0.4, 0.5) is 5.69 Å². The first kappa shape index (κ1) is 17.8. The number of nitrogen functional groups attached to an aromatic ring is 1. The lowest BCUT2D eigenvalue weighted by Gasteiger charge is -2.07. The quantitative estimate of drug-likeness (QED) is 0.494. The number of ether oxygens (including phenoxy) is 3. The first-order chi connectivity index (χ1) is 12.7. The molecule has 0 atom stereocenters. The molecule has 1 heterocycles. The van der Waals surface area contributed by atoms with Crippen LogP contribution in [0.3, 0.4) is 0 Å². The van der Waals surface area contributed by atoms with E-state index in [9.17, 15) is 0 Å². The molecule has 0 saturated carbocycles. The summed E-state index contributed by atoms with van der Waals surface area (Å²) in [6, 6.07) is 15.4. The van der Waals surface area contributed by atoms with E-state index >= 15 is 0 Å². The highest BCUT2D eigenvalue weighted by Crippen LogP contribution is 2.27. The molecule has 0 radical (unpaired) electrons. The van der Waals surface area contributed by atoms with Crippen molar-refractivity contribution in [1.82, 2.24) is 14.8 Å². The first-order valence-corrected chi connectivity index (χ1v) is 8.39. The monoisotopic (exact) mass is 354 g/mol. The van der Waals surface area contributed by atoms with Crippen molar-refractivity contribution in [2.45, 2.75) is 6.92 Å². The Labute approximate surface area is 152 Å². The van der Waals surface area contributed by atoms with E-state index in [0.717, 1.165) is 17.0 Å². The fourth-order valence-corrected chi connectivity index (χ4v) is 2.48. The van der Waals surface area contributed by atoms with Gasteiger partial charge in [-0.25, -0.2) is 4.68 Å². The zero-order chi connectivity index (χ0) is 18.4. The summed E-state index contributed by atoms with van der Waals surface area (Å²) < 4.78 is 17.9. The van der Waals surface area contributed by atoms with Crippen molar-refractivity contribution in [2.24, 2.45) is 0 Å². The van der Waals surface area contributed by atoms with Gasteiger partial charge in [0.05, 0.1) is 19.4 Å². The Kier molecular flexibility index (Phi) is 5.70. The predicted molar refractivity (Wildman–Crippen MR) is 99.7 cm³/mol. The number of rotatable bonds is 8. The SMILES string of the molecule is CCOCCOc1nc(-c2cccc(OC)c2)n(-c2cccc(N)c2)n1. The first-order valence-electron chi connectivity index (χ1n) is 8.39. The lowest BCUT2D eigenvalue weighted by molar-refractivity contribution is 0.106. The lowest BCUT2D eigenvalue weighted by Crippen LogP contribution is -2.07. The van der Waals surface area contributed by atoms with Crippen molar-refractivity contribution < 1.29 is 14.2 Å². The van der Waals surface area contributed by atoms with Crippen molar-refractivity contribution in [2.75, 3.05) is 32.7 Å². The third kappa shape index (κ3) is 4.12. The second kappa shape index (κ2) is 8.35. The fourth-order valence-electron chi connectivity index (χ4n) is 2.48. The standard InChI is InChI=1S/C19H22N4O3/c1-3-25-10-11-26-19-21-18(14-6-4-9-17(12-14)24-2)23(22-19)16-8-5-7-15(20)13-16/h4-9,12-13H,3,10-11,20H2,1-2H3. The number of benzene rings is 2. The Bertz CT molecular complexity index is 863. The molecule has 0 fully saturated rings. The van der Waals surface area contributed by atoms with Gasteiger partial charge in [-0.05, 0) is 37.3 Å². The molecule has 2 N–H and O–H groups in total. The molecule has 0 amide bonds. The minimum absolute atomic E-state index is 0.282. The second-order valence-electron chi connectivity index (χ2n) is 5.50. The summed E-state index contributed by atoms with van der Waals surface area (Å²) in [5.74, 6) is 1.38. The minimum Gasteiger partial charge on any atom is -0.497 e. The Morgan fingerprint density at radius 1 is 1.08 bits per heavy atom. The maximum Gasteiger partial charge on any atom is 0.336 e. The van der Waals surface area contributed by atoms with Gasteiger partial charge in [-0.15, -0.1) is 5.10 Å². The Hall–Kier alpha value is -3.06. The molecule has 0 aliphatic carbocycles. The highest BCUT2D eigenvalue weighted by molar-refractivity contribution is 5.61. The smallest absolute Gasteiger partial charge is 0.336 e. The Balaban J connectivity index is 1.98. The third-order valence-electron chi connectivity index (χ3n) is 3.69. The number of hydrogen-bond acceptors (Lipinski definition) is 6. The number of hydrogen-bond donors (Lipinski definition) is 1. The van der Waals surface area contributed by atoms with E-state index in [2.05, 4.69) is 10.1 Å². The zero-order valence-electron chi connectivity index (χ0n) is 14.9. The minimum atomic E-state index is 0.282. The molecule has 0 bridgehead atoms. The normalized spacial score (nSPS) is 10.7. The molecule has 3 aromatic rings. The van der Waals surface area contributed by atoms with Gasteiger partial charge in [0.15, 0.2) is 5.82 Å². The summed E-state index contributed by atoms with van der Waals surface area (Å²) in [5.41, 5.74) is 8.23. The van der Waals surface area contributed by atoms with Crippen LogP contribution in [-0.2, 0) is 4.74 Å². The highest BCUT2D eigenvalue weighted by Gasteiger charge is 2.15. The van der Waals surface area contributed by atoms with Gasteiger partial charge in [0.25, 0.3) is 0 Å². The van der Waals surface area contributed by atoms with E-state index in [4.69, 9.17) is 19.9 Å². The number of aromatic nitrogens is 3. The summed E-state index contributed by atoms with van der Waals surface area (Å²) in [5, 5.41) is 4.48. The van der Waals surface area contributed by atoms with Gasteiger partial charge in [0.1, 0.15) is 12.4 Å². The number of methoxy groups -OCH3 is 1. The zero-order valence-corrected chi connectivity index (χ0v) is 14.9. The topological polar surface area (TPSA) is 84.4 Å². The molecule has 1 aromatic heterocycles. The van der Waals surface area contributed by atoms with Gasteiger partial charge in [0.2, 0.25) is 0 Å². The van der Waals surface area contributed by atoms with Gasteiger partial charge in [-0.2, -0.15) is 4.98 Å². The second-order valence-corrected chi connectivity index (χ2v) is 5.50. The Morgan fingerprint density at radius 3 is 2.69 bits per heavy atom. The molecule has 3 rings (SSSR count). The van der Waals surface area contributed by atoms with E-state index < -0.39 is 0 Å². The van der Waals surface area contributed by atoms with E-state index in [1.807, 2.05) is 55.5 Å². The molecule has 7 heteroatoms. The van der Waals surface area contributed by atoms with Crippen LogP contribution in [0.15, 0.2) is 48.5 Å².